The van der Waals surface area contributed by atoms with E-state index in [4.69, 9.17) is 32.6 Å². The summed E-state index contributed by atoms with van der Waals surface area (Å²) in [5.74, 6) is -2.79. The van der Waals surface area contributed by atoms with Crippen molar-refractivity contribution in [2.75, 3.05) is 13.7 Å². The normalized spacial score (nSPS) is 18.0. The minimum absolute atomic E-state index is 0.0864. The Balaban J connectivity index is 1.61. The first-order valence-corrected chi connectivity index (χ1v) is 14.5. The monoisotopic (exact) mass is 613 g/mol. The van der Waals surface area contributed by atoms with Crippen molar-refractivity contribution in [2.45, 2.75) is 45.2 Å². The van der Waals surface area contributed by atoms with Gasteiger partial charge in [-0.3, -0.25) is 14.4 Å². The number of nitrogens with zero attached hydrogens (tertiary/aromatic N) is 4. The van der Waals surface area contributed by atoms with Crippen molar-refractivity contribution in [1.82, 2.24) is 14.9 Å². The maximum absolute atomic E-state index is 14.7. The number of benzene rings is 1. The van der Waals surface area contributed by atoms with E-state index < -0.39 is 28.7 Å². The van der Waals surface area contributed by atoms with Gasteiger partial charge in [0.1, 0.15) is 6.04 Å². The number of methoxy groups -OCH3 is 1. The second-order valence-corrected chi connectivity index (χ2v) is 11.0. The number of rotatable bonds is 8. The van der Waals surface area contributed by atoms with Gasteiger partial charge in [-0.2, -0.15) is 0 Å². The highest BCUT2D eigenvalue weighted by Gasteiger charge is 2.39. The van der Waals surface area contributed by atoms with Gasteiger partial charge in [0, 0.05) is 28.8 Å². The van der Waals surface area contributed by atoms with Crippen LogP contribution in [0.2, 0.25) is 5.02 Å². The molecule has 0 saturated carbocycles. The van der Waals surface area contributed by atoms with Crippen molar-refractivity contribution in [1.29, 1.82) is 0 Å². The van der Waals surface area contributed by atoms with Crippen molar-refractivity contribution in [2.24, 2.45) is 10.9 Å². The minimum atomic E-state index is -1.23. The Kier molecular flexibility index (Phi) is 8.70. The number of hydrogen-bond donors (Lipinski definition) is 1. The van der Waals surface area contributed by atoms with Crippen LogP contribution in [0, 0.1) is 24.1 Å². The number of nitrogens with one attached hydrogen (secondary N) is 1. The summed E-state index contributed by atoms with van der Waals surface area (Å²) in [6.45, 7) is 9.81. The predicted octanol–water partition coefficient (Wildman–Crippen LogP) is 5.70. The van der Waals surface area contributed by atoms with E-state index in [1.807, 2.05) is 6.20 Å². The number of aliphatic imine (C=N–C) groups is 1. The molecule has 1 aliphatic heterocycles. The van der Waals surface area contributed by atoms with Gasteiger partial charge in [0.25, 0.3) is 0 Å². The van der Waals surface area contributed by atoms with Crippen LogP contribution >= 0.6 is 22.9 Å². The predicted molar refractivity (Wildman–Crippen MR) is 152 cm³/mol. The Bertz CT molecular complexity index is 1640. The highest BCUT2D eigenvalue weighted by Crippen LogP contribution is 2.43. The summed E-state index contributed by atoms with van der Waals surface area (Å²) >= 11 is 7.62. The zero-order chi connectivity index (χ0) is 30.0. The molecule has 5 rings (SSSR count). The Morgan fingerprint density at radius 2 is 2.14 bits per heavy atom. The number of ether oxygens (including phenoxy) is 2. The molecule has 3 heterocycles. The fraction of sp³-hybridized carbons (Fsp3) is 0.345. The lowest BCUT2D eigenvalue weighted by molar-refractivity contribution is -0.141. The second kappa shape index (κ2) is 12.4. The standard InChI is InChI=1S/C29H26ClF2N5O4S/c1-4-41-29(39)21-24(15-5-6-17-16(13-15)14-37(27(17)33-2)11-9-20(38)40-3)35-26(28-34-10-12-42-28)36-25(21)18-7-8-19(31)23(32)22(18)30/h7-8,10,12,14-15,25H,4-6,9,11,13H2,1,3H3,(H,35,36). The number of carbonyl (C=O) groups is 2. The van der Waals surface area contributed by atoms with E-state index in [0.717, 1.165) is 17.2 Å². The van der Waals surface area contributed by atoms with Gasteiger partial charge in [-0.05, 0) is 43.4 Å². The van der Waals surface area contributed by atoms with Crippen molar-refractivity contribution in [3.8, 4) is 0 Å². The van der Waals surface area contributed by atoms with Crippen molar-refractivity contribution >= 4 is 46.5 Å². The molecule has 0 amide bonds. The van der Waals surface area contributed by atoms with E-state index >= 15 is 0 Å². The fourth-order valence-electron chi connectivity index (χ4n) is 5.39. The summed E-state index contributed by atoms with van der Waals surface area (Å²) in [5, 5.41) is 5.16. The number of thiazole rings is 1. The Morgan fingerprint density at radius 3 is 2.83 bits per heavy atom. The molecule has 9 nitrogen and oxygen atoms in total. The second-order valence-electron chi connectivity index (χ2n) is 9.68. The molecule has 2 atom stereocenters. The maximum Gasteiger partial charge on any atom is 0.338 e. The molecule has 218 valence electrons. The fourth-order valence-corrected chi connectivity index (χ4v) is 6.23. The van der Waals surface area contributed by atoms with Crippen LogP contribution < -0.4 is 5.32 Å². The SMILES string of the molecule is [C-]#[N+]c1c2c(cn1CCC(=O)OC)CC(C1=C(C(=O)OCC)C(c3ccc(F)c(F)c3Cl)N=C(c3nccs3)N1)CC2. The van der Waals surface area contributed by atoms with Crippen LogP contribution in [-0.2, 0) is 38.4 Å². The third-order valence-electron chi connectivity index (χ3n) is 7.31. The molecule has 0 bridgehead atoms. The van der Waals surface area contributed by atoms with Gasteiger partial charge in [-0.1, -0.05) is 24.2 Å². The minimum Gasteiger partial charge on any atom is -0.469 e. The molecule has 0 spiro atoms. The Labute approximate surface area is 249 Å². The molecule has 2 unspecified atom stereocenters. The van der Waals surface area contributed by atoms with Crippen LogP contribution in [0.25, 0.3) is 4.85 Å². The van der Waals surface area contributed by atoms with Crippen molar-refractivity contribution < 1.29 is 27.8 Å². The van der Waals surface area contributed by atoms with Crippen LogP contribution in [-0.4, -0.2) is 41.0 Å². The van der Waals surface area contributed by atoms with E-state index in [1.165, 1.54) is 24.5 Å². The molecule has 42 heavy (non-hydrogen) atoms. The zero-order valence-corrected chi connectivity index (χ0v) is 24.3. The van der Waals surface area contributed by atoms with Gasteiger partial charge in [0.15, 0.2) is 22.5 Å². The van der Waals surface area contributed by atoms with Gasteiger partial charge in [-0.25, -0.2) is 18.6 Å². The highest BCUT2D eigenvalue weighted by atomic mass is 35.5. The summed E-state index contributed by atoms with van der Waals surface area (Å²) in [5.41, 5.74) is 2.60. The third-order valence-corrected chi connectivity index (χ3v) is 8.48. The number of carbonyl (C=O) groups excluding carboxylic acids is 2. The molecular weight excluding hydrogens is 588 g/mol. The number of aryl methyl sites for hydroxylation is 1. The lowest BCUT2D eigenvalue weighted by Gasteiger charge is -2.33. The van der Waals surface area contributed by atoms with Crippen LogP contribution in [0.3, 0.4) is 0 Å². The zero-order valence-electron chi connectivity index (χ0n) is 22.7. The molecule has 1 aliphatic carbocycles. The molecular formula is C29H26ClF2N5O4S. The van der Waals surface area contributed by atoms with E-state index in [-0.39, 0.29) is 36.1 Å². The molecule has 13 heteroatoms. The summed E-state index contributed by atoms with van der Waals surface area (Å²) < 4.78 is 40.6. The van der Waals surface area contributed by atoms with Crippen molar-refractivity contribution in [3.05, 3.63) is 90.9 Å². The van der Waals surface area contributed by atoms with Gasteiger partial charge in [-0.15, -0.1) is 11.3 Å². The summed E-state index contributed by atoms with van der Waals surface area (Å²) in [6, 6.07) is 1.18. The smallest absolute Gasteiger partial charge is 0.338 e. The molecule has 0 fully saturated rings. The van der Waals surface area contributed by atoms with Gasteiger partial charge < -0.3 is 19.6 Å². The Morgan fingerprint density at radius 1 is 1.33 bits per heavy atom. The first-order valence-electron chi connectivity index (χ1n) is 13.2. The Hall–Kier alpha value is -4.08. The van der Waals surface area contributed by atoms with Gasteiger partial charge in [0.2, 0.25) is 5.82 Å². The number of esters is 2. The molecule has 3 aromatic rings. The number of amidine groups is 1. The first-order chi connectivity index (χ1) is 20.3. The first kappa shape index (κ1) is 29.4. The summed E-state index contributed by atoms with van der Waals surface area (Å²) in [4.78, 5) is 38.1. The molecule has 0 radical (unpaired) electrons. The summed E-state index contributed by atoms with van der Waals surface area (Å²) in [6.07, 6.45) is 5.20. The highest BCUT2D eigenvalue weighted by molar-refractivity contribution is 7.11. The van der Waals surface area contributed by atoms with Gasteiger partial charge in [0.05, 0.1) is 43.5 Å². The molecule has 2 aliphatic rings. The van der Waals surface area contributed by atoms with E-state index in [2.05, 4.69) is 15.1 Å². The molecule has 2 aromatic heterocycles. The lowest BCUT2D eigenvalue weighted by atomic mass is 9.80. The summed E-state index contributed by atoms with van der Waals surface area (Å²) in [7, 11) is 1.32. The largest absolute Gasteiger partial charge is 0.469 e. The van der Waals surface area contributed by atoms with E-state index in [9.17, 15) is 18.4 Å². The van der Waals surface area contributed by atoms with Crippen LogP contribution in [0.4, 0.5) is 14.6 Å². The van der Waals surface area contributed by atoms with E-state index in [0.29, 0.717) is 48.2 Å². The lowest BCUT2D eigenvalue weighted by Crippen LogP contribution is -2.38. The number of allylic oxidation sites excluding steroid dienone is 1. The maximum atomic E-state index is 14.7. The number of fused-ring (bicyclic) bond motifs is 1. The average molecular weight is 614 g/mol. The topological polar surface area (TPSA) is 99.2 Å². The van der Waals surface area contributed by atoms with Crippen LogP contribution in [0.15, 0.2) is 46.2 Å². The number of halogens is 3. The molecule has 1 aromatic carbocycles. The van der Waals surface area contributed by atoms with Gasteiger partial charge >= 0.3 is 11.9 Å². The number of hydrogen-bond acceptors (Lipinski definition) is 8. The quantitative estimate of drug-likeness (QED) is 0.199. The molecule has 1 N–H and O–H groups in total. The number of aromatic nitrogens is 2. The van der Waals surface area contributed by atoms with Crippen molar-refractivity contribution in [3.63, 3.8) is 0 Å². The third kappa shape index (κ3) is 5.54. The average Bonchev–Trinajstić information content (AvgIpc) is 3.66. The molecule has 0 saturated heterocycles. The van der Waals surface area contributed by atoms with E-state index in [1.54, 1.807) is 23.1 Å². The van der Waals surface area contributed by atoms with Crippen LogP contribution in [0.5, 0.6) is 0 Å². The van der Waals surface area contributed by atoms with Crippen LogP contribution in [0.1, 0.15) is 47.5 Å².